The Morgan fingerprint density at radius 2 is 1.29 bits per heavy atom. The molecule has 1 fully saturated rings. The SMILES string of the molecule is OCC1CCCCC1CNc1c(F)c(F)c(F)c(F)c1F. The molecule has 0 amide bonds. The predicted octanol–water partition coefficient (Wildman–Crippen LogP) is 3.59. The van der Waals surface area contributed by atoms with E-state index in [0.717, 1.165) is 25.7 Å². The van der Waals surface area contributed by atoms with E-state index < -0.39 is 34.8 Å². The molecule has 2 unspecified atom stereocenters. The Balaban J connectivity index is 2.16. The summed E-state index contributed by atoms with van der Waals surface area (Å²) in [6.45, 7) is 0.00697. The molecular formula is C14H16F5NO. The second kappa shape index (κ2) is 6.60. The molecule has 1 aliphatic carbocycles. The van der Waals surface area contributed by atoms with Crippen LogP contribution in [0.5, 0.6) is 0 Å². The molecule has 2 N–H and O–H groups in total. The van der Waals surface area contributed by atoms with Gasteiger partial charge in [0.25, 0.3) is 0 Å². The fourth-order valence-corrected chi connectivity index (χ4v) is 2.79. The first kappa shape index (κ1) is 16.0. The van der Waals surface area contributed by atoms with Crippen molar-refractivity contribution >= 4 is 5.69 Å². The Kier molecular flexibility index (Phi) is 5.03. The summed E-state index contributed by atoms with van der Waals surface area (Å²) >= 11 is 0. The fourth-order valence-electron chi connectivity index (χ4n) is 2.79. The van der Waals surface area contributed by atoms with Crippen LogP contribution in [0.3, 0.4) is 0 Å². The van der Waals surface area contributed by atoms with Crippen molar-refractivity contribution < 1.29 is 27.1 Å². The van der Waals surface area contributed by atoms with Gasteiger partial charge in [-0.05, 0) is 24.7 Å². The topological polar surface area (TPSA) is 32.3 Å². The molecule has 0 aliphatic heterocycles. The van der Waals surface area contributed by atoms with Crippen molar-refractivity contribution in [3.8, 4) is 0 Å². The molecule has 0 spiro atoms. The first-order chi connectivity index (χ1) is 9.97. The van der Waals surface area contributed by atoms with Gasteiger partial charge in [-0.3, -0.25) is 0 Å². The van der Waals surface area contributed by atoms with Gasteiger partial charge in [-0.15, -0.1) is 0 Å². The number of aliphatic hydroxyl groups excluding tert-OH is 1. The van der Waals surface area contributed by atoms with Gasteiger partial charge in [0.15, 0.2) is 23.3 Å². The highest BCUT2D eigenvalue weighted by Gasteiger charge is 2.28. The van der Waals surface area contributed by atoms with Crippen LogP contribution in [0, 0.1) is 40.9 Å². The number of benzene rings is 1. The van der Waals surface area contributed by atoms with Crippen molar-refractivity contribution in [3.63, 3.8) is 0 Å². The first-order valence-corrected chi connectivity index (χ1v) is 6.83. The Labute approximate surface area is 119 Å². The normalized spacial score (nSPS) is 22.4. The number of halogens is 5. The third-order valence-electron chi connectivity index (χ3n) is 4.05. The largest absolute Gasteiger partial charge is 0.396 e. The van der Waals surface area contributed by atoms with Crippen LogP contribution in [-0.2, 0) is 0 Å². The minimum absolute atomic E-state index is 0.0208. The Morgan fingerprint density at radius 3 is 1.81 bits per heavy atom. The van der Waals surface area contributed by atoms with Crippen LogP contribution in [-0.4, -0.2) is 18.3 Å². The molecule has 0 bridgehead atoms. The van der Waals surface area contributed by atoms with Gasteiger partial charge in [-0.25, -0.2) is 22.0 Å². The number of hydrogen-bond donors (Lipinski definition) is 2. The van der Waals surface area contributed by atoms with Gasteiger partial charge >= 0.3 is 0 Å². The van der Waals surface area contributed by atoms with Crippen LogP contribution in [0.2, 0.25) is 0 Å². The second-order valence-electron chi connectivity index (χ2n) is 5.31. The number of hydrogen-bond acceptors (Lipinski definition) is 2. The molecule has 0 radical (unpaired) electrons. The number of rotatable bonds is 4. The lowest BCUT2D eigenvalue weighted by molar-refractivity contribution is 0.141. The van der Waals surface area contributed by atoms with E-state index in [2.05, 4.69) is 5.32 Å². The van der Waals surface area contributed by atoms with Crippen molar-refractivity contribution in [1.29, 1.82) is 0 Å². The molecule has 2 rings (SSSR count). The summed E-state index contributed by atoms with van der Waals surface area (Å²) in [5, 5.41) is 11.6. The number of nitrogens with one attached hydrogen (secondary N) is 1. The van der Waals surface area contributed by atoms with Crippen LogP contribution in [0.15, 0.2) is 0 Å². The molecule has 21 heavy (non-hydrogen) atoms. The average molecular weight is 309 g/mol. The predicted molar refractivity (Wildman–Crippen MR) is 67.3 cm³/mol. The zero-order valence-corrected chi connectivity index (χ0v) is 11.2. The maximum Gasteiger partial charge on any atom is 0.200 e. The van der Waals surface area contributed by atoms with Crippen LogP contribution < -0.4 is 5.32 Å². The molecular weight excluding hydrogens is 293 g/mol. The van der Waals surface area contributed by atoms with Crippen LogP contribution in [0.25, 0.3) is 0 Å². The second-order valence-corrected chi connectivity index (χ2v) is 5.31. The molecule has 1 saturated carbocycles. The zero-order valence-electron chi connectivity index (χ0n) is 11.2. The van der Waals surface area contributed by atoms with Crippen LogP contribution in [0.4, 0.5) is 27.6 Å². The average Bonchev–Trinajstić information content (AvgIpc) is 2.51. The lowest BCUT2D eigenvalue weighted by Crippen LogP contribution is -2.29. The van der Waals surface area contributed by atoms with Gasteiger partial charge in [0.05, 0.1) is 0 Å². The molecule has 1 aromatic rings. The molecule has 1 aromatic carbocycles. The Bertz CT molecular complexity index is 494. The first-order valence-electron chi connectivity index (χ1n) is 6.83. The minimum atomic E-state index is -2.17. The minimum Gasteiger partial charge on any atom is -0.396 e. The summed E-state index contributed by atoms with van der Waals surface area (Å²) in [4.78, 5) is 0. The molecule has 0 heterocycles. The van der Waals surface area contributed by atoms with Gasteiger partial charge < -0.3 is 10.4 Å². The van der Waals surface area contributed by atoms with Gasteiger partial charge in [0.2, 0.25) is 5.82 Å². The zero-order chi connectivity index (χ0) is 15.6. The van der Waals surface area contributed by atoms with E-state index in [1.165, 1.54) is 0 Å². The van der Waals surface area contributed by atoms with Crippen LogP contribution >= 0.6 is 0 Å². The molecule has 7 heteroatoms. The Hall–Kier alpha value is -1.37. The maximum absolute atomic E-state index is 13.5. The van der Waals surface area contributed by atoms with E-state index in [-0.39, 0.29) is 25.0 Å². The molecule has 0 saturated heterocycles. The Morgan fingerprint density at radius 1 is 0.810 bits per heavy atom. The molecule has 2 atom stereocenters. The molecule has 118 valence electrons. The standard InChI is InChI=1S/C14H16F5NO/c15-9-10(16)12(18)14(13(19)11(9)17)20-5-7-3-1-2-4-8(7)6-21/h7-8,20-21H,1-6H2. The van der Waals surface area contributed by atoms with E-state index in [0.29, 0.717) is 0 Å². The van der Waals surface area contributed by atoms with Crippen molar-refractivity contribution in [2.45, 2.75) is 25.7 Å². The van der Waals surface area contributed by atoms with Crippen molar-refractivity contribution in [1.82, 2.24) is 0 Å². The van der Waals surface area contributed by atoms with Gasteiger partial charge in [0.1, 0.15) is 5.69 Å². The van der Waals surface area contributed by atoms with E-state index >= 15 is 0 Å². The smallest absolute Gasteiger partial charge is 0.200 e. The van der Waals surface area contributed by atoms with Gasteiger partial charge in [0, 0.05) is 13.2 Å². The lowest BCUT2D eigenvalue weighted by Gasteiger charge is -2.30. The van der Waals surface area contributed by atoms with Gasteiger partial charge in [-0.1, -0.05) is 12.8 Å². The van der Waals surface area contributed by atoms with Crippen molar-refractivity contribution in [2.75, 3.05) is 18.5 Å². The number of anilines is 1. The summed E-state index contributed by atoms with van der Waals surface area (Å²) in [7, 11) is 0. The summed E-state index contributed by atoms with van der Waals surface area (Å²) in [6.07, 6.45) is 3.41. The van der Waals surface area contributed by atoms with Crippen molar-refractivity contribution in [3.05, 3.63) is 29.1 Å². The summed E-state index contributed by atoms with van der Waals surface area (Å²) in [5.41, 5.74) is -1.01. The maximum atomic E-state index is 13.5. The van der Waals surface area contributed by atoms with E-state index in [1.54, 1.807) is 0 Å². The molecule has 0 aromatic heterocycles. The van der Waals surface area contributed by atoms with Gasteiger partial charge in [-0.2, -0.15) is 0 Å². The quantitative estimate of drug-likeness (QED) is 0.506. The van der Waals surface area contributed by atoms with E-state index in [4.69, 9.17) is 0 Å². The van der Waals surface area contributed by atoms with E-state index in [9.17, 15) is 27.1 Å². The summed E-state index contributed by atoms with van der Waals surface area (Å²) in [6, 6.07) is 0. The molecule has 2 nitrogen and oxygen atoms in total. The van der Waals surface area contributed by atoms with Crippen molar-refractivity contribution in [2.24, 2.45) is 11.8 Å². The fraction of sp³-hybridized carbons (Fsp3) is 0.571. The number of aliphatic hydroxyl groups is 1. The molecule has 1 aliphatic rings. The lowest BCUT2D eigenvalue weighted by atomic mass is 9.79. The highest BCUT2D eigenvalue weighted by atomic mass is 19.2. The third kappa shape index (κ3) is 3.12. The highest BCUT2D eigenvalue weighted by molar-refractivity contribution is 5.47. The highest BCUT2D eigenvalue weighted by Crippen LogP contribution is 2.32. The van der Waals surface area contributed by atoms with Crippen LogP contribution in [0.1, 0.15) is 25.7 Å². The summed E-state index contributed by atoms with van der Waals surface area (Å²) in [5.74, 6) is -9.88. The third-order valence-corrected chi connectivity index (χ3v) is 4.05. The monoisotopic (exact) mass is 309 g/mol. The summed E-state index contributed by atoms with van der Waals surface area (Å²) < 4.78 is 66.1. The van der Waals surface area contributed by atoms with E-state index in [1.807, 2.05) is 0 Å².